The molecular weight excluding hydrogens is 964 g/mol. The summed E-state index contributed by atoms with van der Waals surface area (Å²) in [6.07, 6.45) is 6.54. The third-order valence-electron chi connectivity index (χ3n) is 19.9. The molecule has 0 aliphatic heterocycles. The van der Waals surface area contributed by atoms with Gasteiger partial charge in [-0.05, 0) is 201 Å². The molecule has 0 amide bonds. The van der Waals surface area contributed by atoms with Crippen molar-refractivity contribution in [3.63, 3.8) is 0 Å². The molecule has 5 heteroatoms. The molecule has 0 saturated heterocycles. The van der Waals surface area contributed by atoms with E-state index in [9.17, 15) is 0 Å². The zero-order valence-corrected chi connectivity index (χ0v) is 45.2. The van der Waals surface area contributed by atoms with Crippen molar-refractivity contribution in [1.29, 1.82) is 0 Å². The van der Waals surface area contributed by atoms with Crippen molar-refractivity contribution in [3.8, 4) is 16.8 Å². The molecule has 378 valence electrons. The fourth-order valence-corrected chi connectivity index (χ4v) is 17.0. The Morgan fingerprint density at radius 3 is 1.84 bits per heavy atom. The molecule has 0 N–H and O–H groups in total. The molecule has 3 nitrogen and oxygen atoms in total. The molecule has 12 aromatic carbocycles. The Morgan fingerprint density at radius 2 is 1.04 bits per heavy atom. The fourth-order valence-electron chi connectivity index (χ4n) is 17.0. The zero-order chi connectivity index (χ0) is 53.1. The average Bonchev–Trinajstić information content (AvgIpc) is 3.59. The van der Waals surface area contributed by atoms with Crippen LogP contribution < -0.4 is 20.7 Å². The van der Waals surface area contributed by atoms with Crippen LogP contribution in [0.25, 0.3) is 81.7 Å². The summed E-state index contributed by atoms with van der Waals surface area (Å²) in [7, 11) is 15.6. The molecule has 4 bridgehead atoms. The van der Waals surface area contributed by atoms with Crippen LogP contribution in [0.2, 0.25) is 0 Å². The van der Waals surface area contributed by atoms with E-state index in [-0.39, 0.29) is 11.3 Å². The van der Waals surface area contributed by atoms with Crippen LogP contribution in [0.4, 0.5) is 34.1 Å². The van der Waals surface area contributed by atoms with Gasteiger partial charge in [0.1, 0.15) is 15.7 Å². The van der Waals surface area contributed by atoms with Gasteiger partial charge in [0.2, 0.25) is 0 Å². The molecule has 4 fully saturated rings. The van der Waals surface area contributed by atoms with E-state index in [1.807, 2.05) is 0 Å². The van der Waals surface area contributed by atoms with Crippen molar-refractivity contribution in [1.82, 2.24) is 4.57 Å². The summed E-state index contributed by atoms with van der Waals surface area (Å²) in [5, 5.41) is 12.2. The quantitative estimate of drug-likeness (QED) is 0.111. The van der Waals surface area contributed by atoms with Gasteiger partial charge in [-0.25, -0.2) is 0 Å². The summed E-state index contributed by atoms with van der Waals surface area (Å²) in [5.74, 6) is 3.04. The predicted molar refractivity (Wildman–Crippen MR) is 339 cm³/mol. The highest BCUT2D eigenvalue weighted by Gasteiger charge is 2.62. The number of hydrogen-bond donors (Lipinski definition) is 0. The lowest BCUT2D eigenvalue weighted by atomic mass is 9.42. The molecule has 1 spiro atoms. The predicted octanol–water partition coefficient (Wildman–Crippen LogP) is 18.2. The van der Waals surface area contributed by atoms with Crippen LogP contribution in [0.3, 0.4) is 0 Å². The topological polar surface area (TPSA) is 11.4 Å². The van der Waals surface area contributed by atoms with Gasteiger partial charge in [-0.2, -0.15) is 0 Å². The first-order chi connectivity index (χ1) is 39.3. The first-order valence-electron chi connectivity index (χ1n) is 29.1. The maximum atomic E-state index is 7.81. The van der Waals surface area contributed by atoms with Crippen LogP contribution in [0.1, 0.15) is 68.6 Å². The summed E-state index contributed by atoms with van der Waals surface area (Å²) < 4.78 is 2.42. The van der Waals surface area contributed by atoms with E-state index in [0.717, 1.165) is 62.6 Å². The molecule has 5 aliphatic rings. The van der Waals surface area contributed by atoms with Crippen LogP contribution in [0.5, 0.6) is 0 Å². The number of nitrogens with zero attached hydrogens (tertiary/aromatic N) is 3. The summed E-state index contributed by atoms with van der Waals surface area (Å²) in [6, 6.07) is 81.5. The minimum Gasteiger partial charge on any atom is -0.310 e. The largest absolute Gasteiger partial charge is 0.310 e. The zero-order valence-electron chi connectivity index (χ0n) is 45.2. The molecule has 0 atom stereocenters. The molecule has 4 saturated carbocycles. The lowest BCUT2D eigenvalue weighted by molar-refractivity contribution is -0.0395. The second kappa shape index (κ2) is 17.2. The maximum Gasteiger partial charge on any atom is 0.115 e. The van der Waals surface area contributed by atoms with Crippen LogP contribution in [0, 0.1) is 23.7 Å². The van der Waals surface area contributed by atoms with Gasteiger partial charge in [0, 0.05) is 55.4 Å². The van der Waals surface area contributed by atoms with Gasteiger partial charge in [-0.1, -0.05) is 164 Å². The maximum absolute atomic E-state index is 7.81. The second-order valence-corrected chi connectivity index (χ2v) is 24.3. The van der Waals surface area contributed by atoms with Crippen molar-refractivity contribution >= 4 is 126 Å². The number of para-hydroxylation sites is 3. The van der Waals surface area contributed by atoms with E-state index >= 15 is 0 Å². The summed E-state index contributed by atoms with van der Waals surface area (Å²) in [6.45, 7) is 4.68. The van der Waals surface area contributed by atoms with Crippen molar-refractivity contribution in [3.05, 3.63) is 235 Å². The van der Waals surface area contributed by atoms with Gasteiger partial charge < -0.3 is 14.4 Å². The van der Waals surface area contributed by atoms with Crippen LogP contribution >= 0.6 is 0 Å². The standard InChI is InChI=1S/C75H57B2N3/c1-44(2)61-42-63-67(78(52-17-5-3-6-18-52)55-29-31-58-57-22-12-14-24-65(57)79(68(58)41-55)53-19-7-4-8-20-53)33-27-48-26-30-60-66(34-32-59(61)71(60)70(48)63)80(54-28-25-47-15-9-10-16-49(47)40-54)69-43-62-56-21-11-13-23-64(56)75(72(62)74(77)73(69)76)50-36-45-35-46(38-50)39-51(75)37-45/h3-34,40-46,50-51H,35-39H2,1-2H3. The Kier molecular flexibility index (Phi) is 9.99. The van der Waals surface area contributed by atoms with Gasteiger partial charge in [0.05, 0.1) is 22.4 Å². The number of hydrogen-bond acceptors (Lipinski definition) is 2. The Bertz CT molecular complexity index is 4660. The van der Waals surface area contributed by atoms with E-state index < -0.39 is 0 Å². The number of aromatic nitrogens is 1. The molecule has 1 aromatic heterocycles. The molecule has 80 heavy (non-hydrogen) atoms. The van der Waals surface area contributed by atoms with Crippen LogP contribution in [0.15, 0.2) is 218 Å². The van der Waals surface area contributed by atoms with Crippen molar-refractivity contribution in [2.45, 2.75) is 57.3 Å². The third-order valence-corrected chi connectivity index (χ3v) is 19.9. The van der Waals surface area contributed by atoms with E-state index in [2.05, 4.69) is 247 Å². The fraction of sp³-hybridized carbons (Fsp3) is 0.173. The molecule has 1 heterocycles. The van der Waals surface area contributed by atoms with E-state index in [1.54, 1.807) is 0 Å². The number of rotatable bonds is 8. The van der Waals surface area contributed by atoms with Gasteiger partial charge in [0.25, 0.3) is 0 Å². The summed E-state index contributed by atoms with van der Waals surface area (Å²) in [4.78, 5) is 4.93. The molecule has 13 aromatic rings. The number of fused-ring (bicyclic) bond motifs is 7. The van der Waals surface area contributed by atoms with Gasteiger partial charge in [-0.3, -0.25) is 0 Å². The minimum atomic E-state index is -0.110. The molecule has 18 rings (SSSR count). The highest BCUT2D eigenvalue weighted by atomic mass is 15.2. The van der Waals surface area contributed by atoms with Gasteiger partial charge in [0.15, 0.2) is 0 Å². The third kappa shape index (κ3) is 6.41. The first kappa shape index (κ1) is 46.4. The normalized spacial score (nSPS) is 19.9. The Hall–Kier alpha value is -8.53. The van der Waals surface area contributed by atoms with Crippen molar-refractivity contribution < 1.29 is 0 Å². The first-order valence-corrected chi connectivity index (χ1v) is 29.1. The Labute approximate surface area is 470 Å². The van der Waals surface area contributed by atoms with E-state index in [0.29, 0.717) is 17.3 Å². The lowest BCUT2D eigenvalue weighted by Crippen LogP contribution is -2.57. The SMILES string of the molecule is [B]c1c(N(c2ccc3ccccc3c2)c2ccc3c(C(C)C)cc4c(N(c5ccccc5)c5ccc6c7ccccc7n(-c7ccccc7)c6c5)ccc5ccc2c3c54)cc2c(c1[B])C1(c3ccccc3-2)C2CC3CC(C2)CC1C3. The molecular formula is C75H57B2N3. The molecule has 0 unspecified atom stereocenters. The van der Waals surface area contributed by atoms with Gasteiger partial charge >= 0.3 is 0 Å². The molecule has 4 radical (unpaired) electrons. The number of anilines is 6. The monoisotopic (exact) mass is 1020 g/mol. The lowest BCUT2D eigenvalue weighted by Gasteiger charge is -2.61. The van der Waals surface area contributed by atoms with Crippen LogP contribution in [-0.2, 0) is 5.41 Å². The number of benzene rings is 12. The van der Waals surface area contributed by atoms with E-state index in [4.69, 9.17) is 15.7 Å². The summed E-state index contributed by atoms with van der Waals surface area (Å²) >= 11 is 0. The van der Waals surface area contributed by atoms with Gasteiger partial charge in [-0.15, -0.1) is 0 Å². The minimum absolute atomic E-state index is 0.110. The highest BCUT2D eigenvalue weighted by molar-refractivity contribution is 6.52. The smallest absolute Gasteiger partial charge is 0.115 e. The van der Waals surface area contributed by atoms with Crippen LogP contribution in [-0.4, -0.2) is 20.3 Å². The summed E-state index contributed by atoms with van der Waals surface area (Å²) in [5.41, 5.74) is 17.9. The second-order valence-electron chi connectivity index (χ2n) is 24.3. The Morgan fingerprint density at radius 1 is 0.425 bits per heavy atom. The average molecular weight is 1020 g/mol. The van der Waals surface area contributed by atoms with Crippen molar-refractivity contribution in [2.24, 2.45) is 23.7 Å². The highest BCUT2D eigenvalue weighted by Crippen LogP contribution is 2.69. The Balaban J connectivity index is 0.919. The molecule has 5 aliphatic carbocycles. The van der Waals surface area contributed by atoms with E-state index in [1.165, 1.54) is 119 Å². The van der Waals surface area contributed by atoms with Crippen molar-refractivity contribution in [2.75, 3.05) is 9.80 Å².